The Balaban J connectivity index is 1.47. The third-order valence-electron chi connectivity index (χ3n) is 5.04. The number of aromatic nitrogens is 2. The van der Waals surface area contributed by atoms with Gasteiger partial charge in [0.2, 0.25) is 5.91 Å². The summed E-state index contributed by atoms with van der Waals surface area (Å²) in [5, 5.41) is 4.82. The Morgan fingerprint density at radius 3 is 2.80 bits per heavy atom. The Bertz CT molecular complexity index is 1020. The molecule has 7 heteroatoms. The number of nitrogens with one attached hydrogen (secondary N) is 1. The lowest BCUT2D eigenvalue weighted by atomic mass is 10.1. The van der Waals surface area contributed by atoms with Gasteiger partial charge in [0.05, 0.1) is 31.0 Å². The van der Waals surface area contributed by atoms with Crippen molar-refractivity contribution in [2.75, 3.05) is 37.4 Å². The molecule has 6 nitrogen and oxygen atoms in total. The molecule has 0 bridgehead atoms. The monoisotopic (exact) mass is 422 g/mol. The van der Waals surface area contributed by atoms with Gasteiger partial charge in [-0.1, -0.05) is 49.0 Å². The van der Waals surface area contributed by atoms with Gasteiger partial charge in [0.15, 0.2) is 0 Å². The van der Waals surface area contributed by atoms with E-state index in [-0.39, 0.29) is 5.91 Å². The Morgan fingerprint density at radius 2 is 1.97 bits per heavy atom. The smallest absolute Gasteiger partial charge is 0.234 e. The van der Waals surface area contributed by atoms with Crippen molar-refractivity contribution in [3.8, 4) is 0 Å². The van der Waals surface area contributed by atoms with E-state index in [1.54, 1.807) is 0 Å². The molecule has 3 aromatic rings. The molecule has 156 valence electrons. The number of fused-ring (bicyclic) bond motifs is 1. The Labute approximate surface area is 181 Å². The summed E-state index contributed by atoms with van der Waals surface area (Å²) in [6, 6.07) is 15.9. The molecule has 0 spiro atoms. The SMILES string of the molecule is CCc1cccc(NC(=O)CSc2nc(CN3CCOCC3)nc3ccccc23)c1. The highest BCUT2D eigenvalue weighted by Crippen LogP contribution is 2.26. The van der Waals surface area contributed by atoms with Crippen LogP contribution >= 0.6 is 11.8 Å². The largest absolute Gasteiger partial charge is 0.379 e. The number of amides is 1. The lowest BCUT2D eigenvalue weighted by molar-refractivity contribution is -0.113. The molecule has 0 radical (unpaired) electrons. The van der Waals surface area contributed by atoms with E-state index in [0.717, 1.165) is 60.2 Å². The first-order valence-electron chi connectivity index (χ1n) is 10.3. The minimum absolute atomic E-state index is 0.0364. The number of hydrogen-bond acceptors (Lipinski definition) is 6. The Morgan fingerprint density at radius 1 is 1.13 bits per heavy atom. The molecule has 4 rings (SSSR count). The molecule has 0 atom stereocenters. The van der Waals surface area contributed by atoms with Crippen molar-refractivity contribution >= 4 is 34.3 Å². The van der Waals surface area contributed by atoms with Crippen molar-refractivity contribution in [2.24, 2.45) is 0 Å². The van der Waals surface area contributed by atoms with Crippen molar-refractivity contribution in [2.45, 2.75) is 24.9 Å². The zero-order valence-corrected chi connectivity index (χ0v) is 18.0. The number of rotatable bonds is 7. The van der Waals surface area contributed by atoms with Gasteiger partial charge < -0.3 is 10.1 Å². The second kappa shape index (κ2) is 10.0. The standard InChI is InChI=1S/C23H26N4O2S/c1-2-17-6-5-7-18(14-17)24-22(28)16-30-23-19-8-3-4-9-20(19)25-21(26-23)15-27-10-12-29-13-11-27/h3-9,14H,2,10-13,15-16H2,1H3,(H,24,28). The van der Waals surface area contributed by atoms with E-state index in [1.165, 1.54) is 17.3 Å². The summed E-state index contributed by atoms with van der Waals surface area (Å²) >= 11 is 1.46. The highest BCUT2D eigenvalue weighted by Gasteiger charge is 2.15. The topological polar surface area (TPSA) is 67.4 Å². The quantitative estimate of drug-likeness (QED) is 0.462. The lowest BCUT2D eigenvalue weighted by Crippen LogP contribution is -2.36. The maximum atomic E-state index is 12.5. The molecule has 1 aromatic heterocycles. The van der Waals surface area contributed by atoms with Crippen molar-refractivity contribution in [1.29, 1.82) is 0 Å². The predicted molar refractivity (Wildman–Crippen MR) is 121 cm³/mol. The molecule has 1 N–H and O–H groups in total. The number of anilines is 1. The van der Waals surface area contributed by atoms with Gasteiger partial charge in [-0.15, -0.1) is 0 Å². The summed E-state index contributed by atoms with van der Waals surface area (Å²) in [5.41, 5.74) is 2.95. The van der Waals surface area contributed by atoms with Gasteiger partial charge in [0.1, 0.15) is 10.9 Å². The summed E-state index contributed by atoms with van der Waals surface area (Å²) in [7, 11) is 0. The third-order valence-corrected chi connectivity index (χ3v) is 6.03. The van der Waals surface area contributed by atoms with Crippen LogP contribution in [0.1, 0.15) is 18.3 Å². The molecule has 1 aliphatic rings. The Hall–Kier alpha value is -2.48. The summed E-state index contributed by atoms with van der Waals surface area (Å²) in [4.78, 5) is 24.4. The second-order valence-corrected chi connectivity index (χ2v) is 8.21. The fourth-order valence-corrected chi connectivity index (χ4v) is 4.27. The van der Waals surface area contributed by atoms with Crippen LogP contribution < -0.4 is 5.32 Å². The van der Waals surface area contributed by atoms with Crippen LogP contribution in [-0.4, -0.2) is 52.8 Å². The van der Waals surface area contributed by atoms with Crippen LogP contribution in [-0.2, 0) is 22.5 Å². The average molecular weight is 423 g/mol. The Kier molecular flexibility index (Phi) is 6.94. The fourth-order valence-electron chi connectivity index (χ4n) is 3.43. The third kappa shape index (κ3) is 5.36. The van der Waals surface area contributed by atoms with Crippen molar-refractivity contribution in [1.82, 2.24) is 14.9 Å². The van der Waals surface area contributed by atoms with Crippen molar-refractivity contribution in [3.63, 3.8) is 0 Å². The van der Waals surface area contributed by atoms with Gasteiger partial charge in [0, 0.05) is 24.2 Å². The molecule has 30 heavy (non-hydrogen) atoms. The highest BCUT2D eigenvalue weighted by atomic mass is 32.2. The number of thioether (sulfide) groups is 1. The summed E-state index contributed by atoms with van der Waals surface area (Å²) in [6.07, 6.45) is 0.942. The molecule has 1 amide bonds. The van der Waals surface area contributed by atoms with E-state index in [1.807, 2.05) is 42.5 Å². The zero-order valence-electron chi connectivity index (χ0n) is 17.1. The van der Waals surface area contributed by atoms with Gasteiger partial charge in [-0.3, -0.25) is 9.69 Å². The van der Waals surface area contributed by atoms with Crippen LogP contribution in [0.5, 0.6) is 0 Å². The number of hydrogen-bond donors (Lipinski definition) is 1. The van der Waals surface area contributed by atoms with E-state index in [2.05, 4.69) is 23.2 Å². The fraction of sp³-hybridized carbons (Fsp3) is 0.348. The molecule has 2 heterocycles. The number of carbonyl (C=O) groups excluding carboxylic acids is 1. The van der Waals surface area contributed by atoms with Gasteiger partial charge in [-0.2, -0.15) is 0 Å². The molecule has 0 unspecified atom stereocenters. The lowest BCUT2D eigenvalue weighted by Gasteiger charge is -2.25. The van der Waals surface area contributed by atoms with E-state index in [9.17, 15) is 4.79 Å². The van der Waals surface area contributed by atoms with Crippen LogP contribution in [0.2, 0.25) is 0 Å². The van der Waals surface area contributed by atoms with Crippen LogP contribution in [0.25, 0.3) is 10.9 Å². The van der Waals surface area contributed by atoms with E-state index in [4.69, 9.17) is 14.7 Å². The molecule has 2 aromatic carbocycles. The first-order chi connectivity index (χ1) is 14.7. The number of nitrogens with zero attached hydrogens (tertiary/aromatic N) is 3. The first kappa shape index (κ1) is 20.8. The molecular formula is C23H26N4O2S. The first-order valence-corrected chi connectivity index (χ1v) is 11.3. The summed E-state index contributed by atoms with van der Waals surface area (Å²) < 4.78 is 5.43. The van der Waals surface area contributed by atoms with Crippen LogP contribution in [0.15, 0.2) is 53.6 Å². The number of aryl methyl sites for hydroxylation is 1. The second-order valence-electron chi connectivity index (χ2n) is 7.24. The van der Waals surface area contributed by atoms with Gasteiger partial charge in [-0.25, -0.2) is 9.97 Å². The van der Waals surface area contributed by atoms with Gasteiger partial charge >= 0.3 is 0 Å². The van der Waals surface area contributed by atoms with E-state index < -0.39 is 0 Å². The van der Waals surface area contributed by atoms with Crippen LogP contribution in [0, 0.1) is 0 Å². The summed E-state index contributed by atoms with van der Waals surface area (Å²) in [5.74, 6) is 1.05. The zero-order chi connectivity index (χ0) is 20.8. The van der Waals surface area contributed by atoms with Crippen molar-refractivity contribution in [3.05, 3.63) is 59.9 Å². The normalized spacial score (nSPS) is 14.7. The number of carbonyl (C=O) groups is 1. The van der Waals surface area contributed by atoms with Crippen LogP contribution in [0.4, 0.5) is 5.69 Å². The molecule has 0 saturated carbocycles. The van der Waals surface area contributed by atoms with Crippen LogP contribution in [0.3, 0.4) is 0 Å². The minimum Gasteiger partial charge on any atom is -0.379 e. The molecular weight excluding hydrogens is 396 g/mol. The van der Waals surface area contributed by atoms with E-state index in [0.29, 0.717) is 12.3 Å². The minimum atomic E-state index is -0.0364. The number of morpholine rings is 1. The highest BCUT2D eigenvalue weighted by molar-refractivity contribution is 8.00. The van der Waals surface area contributed by atoms with Crippen molar-refractivity contribution < 1.29 is 9.53 Å². The predicted octanol–water partition coefficient (Wildman–Crippen LogP) is 3.76. The average Bonchev–Trinajstić information content (AvgIpc) is 2.78. The molecule has 1 fully saturated rings. The van der Waals surface area contributed by atoms with E-state index >= 15 is 0 Å². The maximum absolute atomic E-state index is 12.5. The maximum Gasteiger partial charge on any atom is 0.234 e. The van der Waals surface area contributed by atoms with Gasteiger partial charge in [-0.05, 0) is 30.2 Å². The number of para-hydroxylation sites is 1. The molecule has 0 aliphatic carbocycles. The molecule has 1 saturated heterocycles. The summed E-state index contributed by atoms with van der Waals surface area (Å²) in [6.45, 7) is 6.06. The number of benzene rings is 2. The molecule has 1 aliphatic heterocycles. The van der Waals surface area contributed by atoms with Gasteiger partial charge in [0.25, 0.3) is 0 Å². The number of ether oxygens (including phenoxy) is 1.